The van der Waals surface area contributed by atoms with Gasteiger partial charge in [-0.3, -0.25) is 4.79 Å². The first-order valence-electron chi connectivity index (χ1n) is 7.59. The molecule has 4 nitrogen and oxygen atoms in total. The lowest BCUT2D eigenvalue weighted by Gasteiger charge is -2.17. The quantitative estimate of drug-likeness (QED) is 0.785. The van der Waals surface area contributed by atoms with Crippen LogP contribution in [0.15, 0.2) is 54.7 Å². The van der Waals surface area contributed by atoms with Gasteiger partial charge in [-0.25, -0.2) is 0 Å². The average Bonchev–Trinajstić information content (AvgIpc) is 2.98. The van der Waals surface area contributed by atoms with Gasteiger partial charge in [0, 0.05) is 30.7 Å². The molecular formula is C19H20N2O2. The fraction of sp³-hybridized carbons (Fsp3) is 0.211. The summed E-state index contributed by atoms with van der Waals surface area (Å²) in [6, 6.07) is 15.7. The van der Waals surface area contributed by atoms with Crippen molar-refractivity contribution >= 4 is 16.8 Å². The number of methoxy groups -OCH3 is 1. The van der Waals surface area contributed by atoms with E-state index < -0.39 is 0 Å². The monoisotopic (exact) mass is 308 g/mol. The van der Waals surface area contributed by atoms with Gasteiger partial charge < -0.3 is 14.6 Å². The molecule has 1 N–H and O–H groups in total. The summed E-state index contributed by atoms with van der Waals surface area (Å²) in [6.45, 7) is 0.596. The SMILES string of the molecule is COc1ccc(CC(=O)N(C)Cc2c[nH]c3ccccc23)cc1. The third-order valence-corrected chi connectivity index (χ3v) is 4.02. The van der Waals surface area contributed by atoms with Crippen molar-refractivity contribution in [3.63, 3.8) is 0 Å². The van der Waals surface area contributed by atoms with Gasteiger partial charge in [0.1, 0.15) is 5.75 Å². The molecule has 2 aromatic carbocycles. The van der Waals surface area contributed by atoms with Crippen molar-refractivity contribution in [2.24, 2.45) is 0 Å². The number of ether oxygens (including phenoxy) is 1. The molecule has 1 heterocycles. The minimum absolute atomic E-state index is 0.0976. The molecule has 0 spiro atoms. The summed E-state index contributed by atoms with van der Waals surface area (Å²) in [4.78, 5) is 17.4. The first kappa shape index (κ1) is 15.2. The van der Waals surface area contributed by atoms with Crippen molar-refractivity contribution in [3.05, 3.63) is 65.9 Å². The number of carbonyl (C=O) groups excluding carboxylic acids is 1. The number of hydrogen-bond acceptors (Lipinski definition) is 2. The molecule has 0 saturated heterocycles. The molecule has 0 aliphatic carbocycles. The summed E-state index contributed by atoms with van der Waals surface area (Å²) in [6.07, 6.45) is 2.37. The van der Waals surface area contributed by atoms with Crippen LogP contribution in [-0.4, -0.2) is 29.9 Å². The average molecular weight is 308 g/mol. The van der Waals surface area contributed by atoms with Gasteiger partial charge in [0.2, 0.25) is 5.91 Å². The summed E-state index contributed by atoms with van der Waals surface area (Å²) in [5.74, 6) is 0.897. The maximum absolute atomic E-state index is 12.4. The normalized spacial score (nSPS) is 10.7. The number of aromatic nitrogens is 1. The molecule has 0 aliphatic heterocycles. The Labute approximate surface area is 135 Å². The second-order valence-corrected chi connectivity index (χ2v) is 5.63. The zero-order valence-electron chi connectivity index (χ0n) is 13.4. The first-order valence-corrected chi connectivity index (χ1v) is 7.59. The minimum atomic E-state index is 0.0976. The van der Waals surface area contributed by atoms with E-state index >= 15 is 0 Å². The predicted octanol–water partition coefficient (Wildman–Crippen LogP) is 3.38. The smallest absolute Gasteiger partial charge is 0.227 e. The second-order valence-electron chi connectivity index (χ2n) is 5.63. The van der Waals surface area contributed by atoms with E-state index in [0.717, 1.165) is 27.8 Å². The number of benzene rings is 2. The van der Waals surface area contributed by atoms with Crippen LogP contribution in [0.2, 0.25) is 0 Å². The maximum Gasteiger partial charge on any atom is 0.227 e. The van der Waals surface area contributed by atoms with E-state index in [9.17, 15) is 4.79 Å². The van der Waals surface area contributed by atoms with E-state index in [1.807, 2.05) is 55.7 Å². The molecule has 0 bridgehead atoms. The molecule has 0 unspecified atom stereocenters. The van der Waals surface area contributed by atoms with Gasteiger partial charge in [-0.05, 0) is 29.3 Å². The summed E-state index contributed by atoms with van der Waals surface area (Å²) >= 11 is 0. The van der Waals surface area contributed by atoms with E-state index in [1.165, 1.54) is 0 Å². The minimum Gasteiger partial charge on any atom is -0.497 e. The van der Waals surface area contributed by atoms with Crippen LogP contribution in [0.25, 0.3) is 10.9 Å². The Hall–Kier alpha value is -2.75. The fourth-order valence-corrected chi connectivity index (χ4v) is 2.66. The number of aromatic amines is 1. The lowest BCUT2D eigenvalue weighted by Crippen LogP contribution is -2.27. The third-order valence-electron chi connectivity index (χ3n) is 4.02. The zero-order valence-corrected chi connectivity index (χ0v) is 13.4. The molecule has 1 amide bonds. The first-order chi connectivity index (χ1) is 11.2. The number of rotatable bonds is 5. The van der Waals surface area contributed by atoms with Crippen LogP contribution in [0.1, 0.15) is 11.1 Å². The summed E-state index contributed by atoms with van der Waals surface area (Å²) in [5.41, 5.74) is 3.21. The summed E-state index contributed by atoms with van der Waals surface area (Å²) in [5, 5.41) is 1.16. The number of nitrogens with zero attached hydrogens (tertiary/aromatic N) is 1. The molecule has 1 aromatic heterocycles. The molecule has 23 heavy (non-hydrogen) atoms. The van der Waals surface area contributed by atoms with Crippen LogP contribution in [0, 0.1) is 0 Å². The Kier molecular flexibility index (Phi) is 4.33. The van der Waals surface area contributed by atoms with Crippen molar-refractivity contribution in [3.8, 4) is 5.75 Å². The molecular weight excluding hydrogens is 288 g/mol. The van der Waals surface area contributed by atoms with Gasteiger partial charge in [0.05, 0.1) is 13.5 Å². The molecule has 0 atom stereocenters. The summed E-state index contributed by atoms with van der Waals surface area (Å²) < 4.78 is 5.13. The topological polar surface area (TPSA) is 45.3 Å². The number of carbonyl (C=O) groups is 1. The van der Waals surface area contributed by atoms with Crippen LogP contribution in [-0.2, 0) is 17.8 Å². The fourth-order valence-electron chi connectivity index (χ4n) is 2.66. The largest absolute Gasteiger partial charge is 0.497 e. The van der Waals surface area contributed by atoms with E-state index in [-0.39, 0.29) is 5.91 Å². The van der Waals surface area contributed by atoms with Crippen molar-refractivity contribution < 1.29 is 9.53 Å². The third kappa shape index (κ3) is 3.37. The Balaban J connectivity index is 1.67. The summed E-state index contributed by atoms with van der Waals surface area (Å²) in [7, 11) is 3.47. The molecule has 0 fully saturated rings. The number of nitrogens with one attached hydrogen (secondary N) is 1. The Bertz CT molecular complexity index is 806. The number of likely N-dealkylation sites (N-methyl/N-ethyl adjacent to an activating group) is 1. The Morgan fingerprint density at radius 2 is 1.87 bits per heavy atom. The van der Waals surface area contributed by atoms with Crippen molar-refractivity contribution in [2.75, 3.05) is 14.2 Å². The highest BCUT2D eigenvalue weighted by Gasteiger charge is 2.12. The highest BCUT2D eigenvalue weighted by Crippen LogP contribution is 2.19. The number of fused-ring (bicyclic) bond motifs is 1. The van der Waals surface area contributed by atoms with E-state index in [0.29, 0.717) is 13.0 Å². The van der Waals surface area contributed by atoms with E-state index in [1.54, 1.807) is 12.0 Å². The Morgan fingerprint density at radius 1 is 1.13 bits per heavy atom. The molecule has 0 aliphatic rings. The number of amides is 1. The molecule has 0 radical (unpaired) electrons. The van der Waals surface area contributed by atoms with E-state index in [4.69, 9.17) is 4.74 Å². The Morgan fingerprint density at radius 3 is 2.61 bits per heavy atom. The van der Waals surface area contributed by atoms with Crippen molar-refractivity contribution in [2.45, 2.75) is 13.0 Å². The zero-order chi connectivity index (χ0) is 16.2. The lowest BCUT2D eigenvalue weighted by molar-refractivity contribution is -0.129. The van der Waals surface area contributed by atoms with Crippen LogP contribution < -0.4 is 4.74 Å². The maximum atomic E-state index is 12.4. The van der Waals surface area contributed by atoms with Gasteiger partial charge in [-0.15, -0.1) is 0 Å². The molecule has 3 aromatic rings. The van der Waals surface area contributed by atoms with Crippen molar-refractivity contribution in [1.82, 2.24) is 9.88 Å². The van der Waals surface area contributed by atoms with Crippen molar-refractivity contribution in [1.29, 1.82) is 0 Å². The van der Waals surface area contributed by atoms with E-state index in [2.05, 4.69) is 11.1 Å². The van der Waals surface area contributed by atoms with Gasteiger partial charge in [-0.1, -0.05) is 30.3 Å². The highest BCUT2D eigenvalue weighted by atomic mass is 16.5. The van der Waals surface area contributed by atoms with Crippen LogP contribution in [0.3, 0.4) is 0 Å². The molecule has 3 rings (SSSR count). The van der Waals surface area contributed by atoms with Crippen LogP contribution >= 0.6 is 0 Å². The number of para-hydroxylation sites is 1. The molecule has 4 heteroatoms. The number of hydrogen-bond donors (Lipinski definition) is 1. The van der Waals surface area contributed by atoms with Crippen LogP contribution in [0.5, 0.6) is 5.75 Å². The van der Waals surface area contributed by atoms with Crippen LogP contribution in [0.4, 0.5) is 0 Å². The van der Waals surface area contributed by atoms with Gasteiger partial charge in [0.25, 0.3) is 0 Å². The molecule has 0 saturated carbocycles. The highest BCUT2D eigenvalue weighted by molar-refractivity contribution is 5.84. The second kappa shape index (κ2) is 6.57. The lowest BCUT2D eigenvalue weighted by atomic mass is 10.1. The number of H-pyrrole nitrogens is 1. The molecule has 118 valence electrons. The van der Waals surface area contributed by atoms with Gasteiger partial charge in [-0.2, -0.15) is 0 Å². The van der Waals surface area contributed by atoms with Gasteiger partial charge >= 0.3 is 0 Å². The predicted molar refractivity (Wildman–Crippen MR) is 91.5 cm³/mol. The van der Waals surface area contributed by atoms with Gasteiger partial charge in [0.15, 0.2) is 0 Å². The standard InChI is InChI=1S/C19H20N2O2/c1-21(13-15-12-20-18-6-4-3-5-17(15)18)19(22)11-14-7-9-16(23-2)10-8-14/h3-10,12,20H,11,13H2,1-2H3.